The molecule has 8 nitrogen and oxygen atoms in total. The highest BCUT2D eigenvalue weighted by molar-refractivity contribution is 5.84. The third kappa shape index (κ3) is 5.86. The van der Waals surface area contributed by atoms with Gasteiger partial charge in [0.1, 0.15) is 12.1 Å². The van der Waals surface area contributed by atoms with Gasteiger partial charge in [0.25, 0.3) is 0 Å². The number of carbonyl (C=O) groups excluding carboxylic acids is 3. The van der Waals surface area contributed by atoms with Crippen LogP contribution in [0.3, 0.4) is 0 Å². The zero-order valence-electron chi connectivity index (χ0n) is 16.4. The Kier molecular flexibility index (Phi) is 6.86. The van der Waals surface area contributed by atoms with Crippen LogP contribution in [0.4, 0.5) is 4.79 Å². The normalized spacial score (nSPS) is 22.3. The summed E-state index contributed by atoms with van der Waals surface area (Å²) in [6, 6.07) is 0.103. The summed E-state index contributed by atoms with van der Waals surface area (Å²) in [6.07, 6.45) is 1.46. The van der Waals surface area contributed by atoms with Crippen molar-refractivity contribution in [2.75, 3.05) is 45.8 Å². The SMILES string of the molecule is CCNC(=O)CN1CCC[C@H](N2CCN(C(=O)OC(C)(C)C)CC2=O)C1. The van der Waals surface area contributed by atoms with E-state index in [9.17, 15) is 14.4 Å². The van der Waals surface area contributed by atoms with Crippen LogP contribution in [0.2, 0.25) is 0 Å². The molecule has 0 radical (unpaired) electrons. The van der Waals surface area contributed by atoms with Crippen molar-refractivity contribution in [2.45, 2.75) is 52.2 Å². The summed E-state index contributed by atoms with van der Waals surface area (Å²) < 4.78 is 5.35. The second-order valence-electron chi connectivity index (χ2n) is 7.97. The van der Waals surface area contributed by atoms with Gasteiger partial charge in [0.2, 0.25) is 11.8 Å². The van der Waals surface area contributed by atoms with Crippen LogP contribution in [0.1, 0.15) is 40.5 Å². The Hall–Kier alpha value is -1.83. The summed E-state index contributed by atoms with van der Waals surface area (Å²) in [7, 11) is 0. The molecule has 0 saturated carbocycles. The zero-order chi connectivity index (χ0) is 19.3. The van der Waals surface area contributed by atoms with Gasteiger partial charge < -0.3 is 15.0 Å². The molecular weight excluding hydrogens is 336 g/mol. The Morgan fingerprint density at radius 1 is 1.23 bits per heavy atom. The molecule has 3 amide bonds. The van der Waals surface area contributed by atoms with Gasteiger partial charge in [0, 0.05) is 32.2 Å². The van der Waals surface area contributed by atoms with Gasteiger partial charge in [0.15, 0.2) is 0 Å². The van der Waals surface area contributed by atoms with Gasteiger partial charge in [-0.05, 0) is 47.1 Å². The monoisotopic (exact) mass is 368 g/mol. The molecule has 0 unspecified atom stereocenters. The molecule has 1 N–H and O–H groups in total. The van der Waals surface area contributed by atoms with Crippen LogP contribution in [-0.4, -0.2) is 90.1 Å². The number of likely N-dealkylation sites (N-methyl/N-ethyl adjacent to an activating group) is 1. The highest BCUT2D eigenvalue weighted by atomic mass is 16.6. The summed E-state index contributed by atoms with van der Waals surface area (Å²) in [5.74, 6) is -0.0267. The van der Waals surface area contributed by atoms with E-state index >= 15 is 0 Å². The van der Waals surface area contributed by atoms with Crippen molar-refractivity contribution < 1.29 is 19.1 Å². The molecule has 2 aliphatic heterocycles. The van der Waals surface area contributed by atoms with Crippen molar-refractivity contribution in [3.63, 3.8) is 0 Å². The smallest absolute Gasteiger partial charge is 0.410 e. The topological polar surface area (TPSA) is 82.2 Å². The van der Waals surface area contributed by atoms with Crippen molar-refractivity contribution >= 4 is 17.9 Å². The van der Waals surface area contributed by atoms with Gasteiger partial charge in [-0.1, -0.05) is 0 Å². The number of piperidine rings is 1. The molecular formula is C18H32N4O4. The standard InChI is InChI=1S/C18H32N4O4/c1-5-19-15(23)12-20-8-6-7-14(11-20)22-10-9-21(13-16(22)24)17(25)26-18(2,3)4/h14H,5-13H2,1-4H3,(H,19,23)/t14-/m0/s1. The van der Waals surface area contributed by atoms with E-state index in [0.29, 0.717) is 32.7 Å². The highest BCUT2D eigenvalue weighted by Gasteiger charge is 2.35. The average Bonchev–Trinajstić information content (AvgIpc) is 2.53. The number of rotatable bonds is 4. The van der Waals surface area contributed by atoms with Gasteiger partial charge in [-0.25, -0.2) is 4.79 Å². The Morgan fingerprint density at radius 3 is 2.58 bits per heavy atom. The van der Waals surface area contributed by atoms with Crippen molar-refractivity contribution in [1.29, 1.82) is 0 Å². The van der Waals surface area contributed by atoms with Gasteiger partial charge in [-0.15, -0.1) is 0 Å². The first-order chi connectivity index (χ1) is 12.2. The fourth-order valence-electron chi connectivity index (χ4n) is 3.44. The molecule has 2 aliphatic rings. The van der Waals surface area contributed by atoms with E-state index < -0.39 is 11.7 Å². The van der Waals surface area contributed by atoms with E-state index in [1.807, 2.05) is 32.6 Å². The van der Waals surface area contributed by atoms with Crippen molar-refractivity contribution in [3.05, 3.63) is 0 Å². The van der Waals surface area contributed by atoms with Crippen LogP contribution >= 0.6 is 0 Å². The minimum Gasteiger partial charge on any atom is -0.444 e. The van der Waals surface area contributed by atoms with Crippen LogP contribution < -0.4 is 5.32 Å². The van der Waals surface area contributed by atoms with Crippen molar-refractivity contribution in [1.82, 2.24) is 20.0 Å². The minimum absolute atomic E-state index is 0.0224. The molecule has 2 saturated heterocycles. The predicted octanol–water partition coefficient (Wildman–Crippen LogP) is 0.666. The van der Waals surface area contributed by atoms with E-state index in [2.05, 4.69) is 10.2 Å². The number of ether oxygens (including phenoxy) is 1. The van der Waals surface area contributed by atoms with E-state index in [1.54, 1.807) is 0 Å². The number of hydrogen-bond acceptors (Lipinski definition) is 5. The van der Waals surface area contributed by atoms with Crippen LogP contribution in [0.5, 0.6) is 0 Å². The molecule has 0 aromatic rings. The molecule has 148 valence electrons. The number of carbonyl (C=O) groups is 3. The molecule has 0 bridgehead atoms. The van der Waals surface area contributed by atoms with Gasteiger partial charge in [0.05, 0.1) is 6.54 Å². The molecule has 2 fully saturated rings. The quantitative estimate of drug-likeness (QED) is 0.789. The lowest BCUT2D eigenvalue weighted by Crippen LogP contribution is -2.59. The third-order valence-corrected chi connectivity index (χ3v) is 4.57. The maximum Gasteiger partial charge on any atom is 0.410 e. The fraction of sp³-hybridized carbons (Fsp3) is 0.833. The predicted molar refractivity (Wildman–Crippen MR) is 97.7 cm³/mol. The van der Waals surface area contributed by atoms with Crippen LogP contribution in [0, 0.1) is 0 Å². The molecule has 8 heteroatoms. The molecule has 2 heterocycles. The van der Waals surface area contributed by atoms with Gasteiger partial charge in [-0.2, -0.15) is 0 Å². The first-order valence-corrected chi connectivity index (χ1v) is 9.46. The lowest BCUT2D eigenvalue weighted by Gasteiger charge is -2.43. The second-order valence-corrected chi connectivity index (χ2v) is 7.97. The van der Waals surface area contributed by atoms with Gasteiger partial charge in [-0.3, -0.25) is 19.4 Å². The lowest BCUT2D eigenvalue weighted by atomic mass is 10.0. The van der Waals surface area contributed by atoms with Crippen LogP contribution in [0.25, 0.3) is 0 Å². The number of hydrogen-bond donors (Lipinski definition) is 1. The molecule has 26 heavy (non-hydrogen) atoms. The Bertz CT molecular complexity index is 532. The summed E-state index contributed by atoms with van der Waals surface area (Å²) in [6.45, 7) is 11.0. The number of amides is 3. The largest absolute Gasteiger partial charge is 0.444 e. The maximum atomic E-state index is 12.6. The second kappa shape index (κ2) is 8.70. The molecule has 0 aliphatic carbocycles. The summed E-state index contributed by atoms with van der Waals surface area (Å²) in [5.41, 5.74) is -0.569. The Morgan fingerprint density at radius 2 is 1.96 bits per heavy atom. The number of nitrogens with zero attached hydrogens (tertiary/aromatic N) is 3. The van der Waals surface area contributed by atoms with Crippen LogP contribution in [-0.2, 0) is 14.3 Å². The molecule has 0 spiro atoms. The molecule has 2 rings (SSSR count). The highest BCUT2D eigenvalue weighted by Crippen LogP contribution is 2.19. The summed E-state index contributed by atoms with van der Waals surface area (Å²) in [4.78, 5) is 42.0. The van der Waals surface area contributed by atoms with E-state index in [-0.39, 0.29) is 24.4 Å². The van der Waals surface area contributed by atoms with Crippen LogP contribution in [0.15, 0.2) is 0 Å². The minimum atomic E-state index is -0.569. The Labute approximate surface area is 155 Å². The van der Waals surface area contributed by atoms with Crippen molar-refractivity contribution in [2.24, 2.45) is 0 Å². The summed E-state index contributed by atoms with van der Waals surface area (Å²) in [5, 5.41) is 2.81. The average molecular weight is 368 g/mol. The van der Waals surface area contributed by atoms with E-state index in [0.717, 1.165) is 19.4 Å². The molecule has 0 aromatic heterocycles. The maximum absolute atomic E-state index is 12.6. The van der Waals surface area contributed by atoms with E-state index in [1.165, 1.54) is 4.90 Å². The van der Waals surface area contributed by atoms with Gasteiger partial charge >= 0.3 is 6.09 Å². The fourth-order valence-corrected chi connectivity index (χ4v) is 3.44. The van der Waals surface area contributed by atoms with E-state index in [4.69, 9.17) is 4.74 Å². The first kappa shape index (κ1) is 20.5. The first-order valence-electron chi connectivity index (χ1n) is 9.46. The third-order valence-electron chi connectivity index (χ3n) is 4.57. The summed E-state index contributed by atoms with van der Waals surface area (Å²) >= 11 is 0. The van der Waals surface area contributed by atoms with Crippen molar-refractivity contribution in [3.8, 4) is 0 Å². The number of nitrogens with one attached hydrogen (secondary N) is 1. The Balaban J connectivity index is 1.87. The lowest BCUT2D eigenvalue weighted by molar-refractivity contribution is -0.140. The number of likely N-dealkylation sites (tertiary alicyclic amines) is 1. The zero-order valence-corrected chi connectivity index (χ0v) is 16.4. The number of piperazine rings is 1. The molecule has 0 aromatic carbocycles. The molecule has 1 atom stereocenters.